The Morgan fingerprint density at radius 3 is 2.88 bits per heavy atom. The molecule has 4 heteroatoms. The third-order valence-electron chi connectivity index (χ3n) is 2.63. The lowest BCUT2D eigenvalue weighted by molar-refractivity contribution is 0.0637. The van der Waals surface area contributed by atoms with Gasteiger partial charge in [-0.3, -0.25) is 0 Å². The van der Waals surface area contributed by atoms with E-state index in [1.54, 1.807) is 6.07 Å². The summed E-state index contributed by atoms with van der Waals surface area (Å²) >= 11 is 11.9. The molecule has 17 heavy (non-hydrogen) atoms. The van der Waals surface area contributed by atoms with Crippen molar-refractivity contribution in [1.29, 1.82) is 0 Å². The van der Waals surface area contributed by atoms with E-state index in [9.17, 15) is 0 Å². The average Bonchev–Trinajstić information content (AvgIpc) is 2.28. The van der Waals surface area contributed by atoms with Gasteiger partial charge in [-0.1, -0.05) is 41.4 Å². The average molecular weight is 272 g/mol. The molecule has 2 rings (SSSR count). The Kier molecular flexibility index (Phi) is 4.46. The maximum absolute atomic E-state index is 6.09. The second-order valence-corrected chi connectivity index (χ2v) is 5.08. The summed E-state index contributed by atoms with van der Waals surface area (Å²) in [5.74, 6) is 0. The van der Waals surface area contributed by atoms with Crippen molar-refractivity contribution in [2.45, 2.75) is 19.0 Å². The van der Waals surface area contributed by atoms with Gasteiger partial charge >= 0.3 is 0 Å². The Bertz CT molecular complexity index is 420. The van der Waals surface area contributed by atoms with Crippen LogP contribution < -0.4 is 5.32 Å². The van der Waals surface area contributed by atoms with Crippen molar-refractivity contribution >= 4 is 29.3 Å². The molecule has 1 heterocycles. The van der Waals surface area contributed by atoms with Crippen LogP contribution in [0.3, 0.4) is 0 Å². The van der Waals surface area contributed by atoms with Crippen LogP contribution >= 0.6 is 23.2 Å². The molecule has 0 radical (unpaired) electrons. The molecule has 0 amide bonds. The topological polar surface area (TPSA) is 21.3 Å². The van der Waals surface area contributed by atoms with E-state index in [-0.39, 0.29) is 6.04 Å². The normalized spacial score (nSPS) is 25.4. The van der Waals surface area contributed by atoms with Crippen LogP contribution in [-0.2, 0) is 4.74 Å². The van der Waals surface area contributed by atoms with E-state index in [0.717, 1.165) is 12.2 Å². The second kappa shape index (κ2) is 5.87. The lowest BCUT2D eigenvalue weighted by Gasteiger charge is -2.26. The fraction of sp³-hybridized carbons (Fsp3) is 0.385. The maximum atomic E-state index is 6.09. The van der Waals surface area contributed by atoms with Gasteiger partial charge in [0.2, 0.25) is 0 Å². The zero-order valence-electron chi connectivity index (χ0n) is 9.62. The first-order valence-electron chi connectivity index (χ1n) is 5.62. The number of hydrogen-bond acceptors (Lipinski definition) is 2. The highest BCUT2D eigenvalue weighted by molar-refractivity contribution is 6.35. The van der Waals surface area contributed by atoms with Gasteiger partial charge in [-0.15, -0.1) is 0 Å². The van der Waals surface area contributed by atoms with Crippen LogP contribution in [0, 0.1) is 0 Å². The molecule has 2 unspecified atom stereocenters. The molecule has 1 fully saturated rings. The van der Waals surface area contributed by atoms with E-state index in [2.05, 4.69) is 18.3 Å². The smallest absolute Gasteiger partial charge is 0.0656 e. The summed E-state index contributed by atoms with van der Waals surface area (Å²) in [5, 5.41) is 4.75. The number of halogens is 2. The van der Waals surface area contributed by atoms with E-state index < -0.39 is 0 Å². The van der Waals surface area contributed by atoms with Gasteiger partial charge in [0.25, 0.3) is 0 Å². The van der Waals surface area contributed by atoms with Gasteiger partial charge in [-0.2, -0.15) is 0 Å². The second-order valence-electron chi connectivity index (χ2n) is 4.24. The molecule has 1 N–H and O–H groups in total. The minimum absolute atomic E-state index is 0.241. The molecule has 2 nitrogen and oxygen atoms in total. The van der Waals surface area contributed by atoms with Crippen LogP contribution in [0.15, 0.2) is 24.3 Å². The van der Waals surface area contributed by atoms with Gasteiger partial charge in [0, 0.05) is 22.1 Å². The third kappa shape index (κ3) is 3.71. The highest BCUT2D eigenvalue weighted by Gasteiger charge is 2.15. The van der Waals surface area contributed by atoms with E-state index in [0.29, 0.717) is 22.7 Å². The van der Waals surface area contributed by atoms with E-state index in [1.807, 2.05) is 18.2 Å². The molecule has 0 saturated carbocycles. The van der Waals surface area contributed by atoms with Gasteiger partial charge in [0.1, 0.15) is 0 Å². The summed E-state index contributed by atoms with van der Waals surface area (Å²) in [7, 11) is 0. The quantitative estimate of drug-likeness (QED) is 0.891. The van der Waals surface area contributed by atoms with Crippen LogP contribution in [0.5, 0.6) is 0 Å². The molecule has 2 atom stereocenters. The van der Waals surface area contributed by atoms with Gasteiger partial charge < -0.3 is 10.1 Å². The molecule has 1 aliphatic heterocycles. The predicted molar refractivity (Wildman–Crippen MR) is 72.7 cm³/mol. The maximum Gasteiger partial charge on any atom is 0.0656 e. The lowest BCUT2D eigenvalue weighted by atomic mass is 10.1. The minimum Gasteiger partial charge on any atom is -0.378 e. The minimum atomic E-state index is 0.241. The number of morpholine rings is 1. The molecule has 1 aromatic rings. The number of benzene rings is 1. The third-order valence-corrected chi connectivity index (χ3v) is 3.20. The van der Waals surface area contributed by atoms with Crippen molar-refractivity contribution in [2.24, 2.45) is 0 Å². The summed E-state index contributed by atoms with van der Waals surface area (Å²) in [6, 6.07) is 6.12. The molecule has 0 aliphatic carbocycles. The van der Waals surface area contributed by atoms with Crippen LogP contribution in [0.25, 0.3) is 6.08 Å². The molecular formula is C13H15Cl2NO. The monoisotopic (exact) mass is 271 g/mol. The van der Waals surface area contributed by atoms with Crippen LogP contribution in [0.4, 0.5) is 0 Å². The van der Waals surface area contributed by atoms with Crippen LogP contribution in [0.1, 0.15) is 12.5 Å². The summed E-state index contributed by atoms with van der Waals surface area (Å²) < 4.78 is 5.46. The van der Waals surface area contributed by atoms with Gasteiger partial charge in [-0.25, -0.2) is 0 Å². The standard InChI is InChI=1S/C13H15Cl2NO/c1-9-7-17-8-12(16-9)5-3-10-2-4-11(14)6-13(10)15/h2-6,9,12,16H,7-8H2,1H3/b5-3+. The van der Waals surface area contributed by atoms with Crippen molar-refractivity contribution in [3.05, 3.63) is 39.9 Å². The molecule has 1 aliphatic rings. The van der Waals surface area contributed by atoms with Crippen molar-refractivity contribution in [1.82, 2.24) is 5.32 Å². The molecular weight excluding hydrogens is 257 g/mol. The largest absolute Gasteiger partial charge is 0.378 e. The predicted octanol–water partition coefficient (Wildman–Crippen LogP) is 3.38. The van der Waals surface area contributed by atoms with Gasteiger partial charge in [-0.05, 0) is 24.6 Å². The molecule has 92 valence electrons. The Morgan fingerprint density at radius 2 is 2.18 bits per heavy atom. The summed E-state index contributed by atoms with van der Waals surface area (Å²) in [6.07, 6.45) is 4.07. The van der Waals surface area contributed by atoms with Gasteiger partial charge in [0.15, 0.2) is 0 Å². The fourth-order valence-electron chi connectivity index (χ4n) is 1.80. The molecule has 0 spiro atoms. The number of ether oxygens (including phenoxy) is 1. The first-order valence-corrected chi connectivity index (χ1v) is 6.38. The Hall–Kier alpha value is -0.540. The number of nitrogens with one attached hydrogen (secondary N) is 1. The van der Waals surface area contributed by atoms with Crippen molar-refractivity contribution in [3.63, 3.8) is 0 Å². The highest BCUT2D eigenvalue weighted by Crippen LogP contribution is 2.22. The Balaban J connectivity index is 2.04. The zero-order chi connectivity index (χ0) is 12.3. The number of rotatable bonds is 2. The van der Waals surface area contributed by atoms with Crippen LogP contribution in [0.2, 0.25) is 10.0 Å². The Morgan fingerprint density at radius 1 is 1.35 bits per heavy atom. The lowest BCUT2D eigenvalue weighted by Crippen LogP contribution is -2.46. The zero-order valence-corrected chi connectivity index (χ0v) is 11.1. The van der Waals surface area contributed by atoms with E-state index in [4.69, 9.17) is 27.9 Å². The summed E-state index contributed by atoms with van der Waals surface area (Å²) in [5.41, 5.74) is 0.969. The summed E-state index contributed by atoms with van der Waals surface area (Å²) in [4.78, 5) is 0. The molecule has 0 bridgehead atoms. The molecule has 0 aromatic heterocycles. The van der Waals surface area contributed by atoms with Crippen LogP contribution in [-0.4, -0.2) is 25.3 Å². The van der Waals surface area contributed by atoms with E-state index >= 15 is 0 Å². The van der Waals surface area contributed by atoms with Crippen molar-refractivity contribution < 1.29 is 4.74 Å². The highest BCUT2D eigenvalue weighted by atomic mass is 35.5. The SMILES string of the molecule is CC1COCC(/C=C/c2ccc(Cl)cc2Cl)N1. The summed E-state index contributed by atoms with van der Waals surface area (Å²) in [6.45, 7) is 3.58. The number of hydrogen-bond donors (Lipinski definition) is 1. The first kappa shape index (κ1) is 12.9. The first-order chi connectivity index (χ1) is 8.15. The van der Waals surface area contributed by atoms with Crippen molar-refractivity contribution in [2.75, 3.05) is 13.2 Å². The Labute approximate surface area is 112 Å². The fourth-order valence-corrected chi connectivity index (χ4v) is 2.27. The molecule has 1 aromatic carbocycles. The molecule has 1 saturated heterocycles. The van der Waals surface area contributed by atoms with E-state index in [1.165, 1.54) is 0 Å². The van der Waals surface area contributed by atoms with Gasteiger partial charge in [0.05, 0.1) is 13.2 Å². The van der Waals surface area contributed by atoms with Crippen molar-refractivity contribution in [3.8, 4) is 0 Å².